The third-order valence-corrected chi connectivity index (χ3v) is 5.57. The molecule has 1 amide bonds. The summed E-state index contributed by atoms with van der Waals surface area (Å²) in [5.74, 6) is 1.60. The molecule has 3 heterocycles. The molecule has 32 heavy (non-hydrogen) atoms. The van der Waals surface area contributed by atoms with Crippen molar-refractivity contribution in [2.45, 2.75) is 38.6 Å². The molecule has 162 valence electrons. The van der Waals surface area contributed by atoms with Gasteiger partial charge in [-0.05, 0) is 56.5 Å². The highest BCUT2D eigenvalue weighted by molar-refractivity contribution is 5.95. The van der Waals surface area contributed by atoms with Gasteiger partial charge in [-0.25, -0.2) is 14.1 Å². The molecular weight excluding hydrogens is 411 g/mol. The maximum absolute atomic E-state index is 13.1. The Morgan fingerprint density at radius 3 is 2.66 bits per heavy atom. The molecule has 0 spiro atoms. The number of nitrogens with zero attached hydrogens (tertiary/aromatic N) is 5. The molecule has 3 aromatic heterocycles. The first-order valence-corrected chi connectivity index (χ1v) is 10.4. The average Bonchev–Trinajstić information content (AvgIpc) is 3.40. The van der Waals surface area contributed by atoms with E-state index < -0.39 is 0 Å². The van der Waals surface area contributed by atoms with Crippen molar-refractivity contribution in [3.63, 3.8) is 0 Å². The van der Waals surface area contributed by atoms with E-state index in [1.54, 1.807) is 36.0 Å². The quantitative estimate of drug-likeness (QED) is 0.492. The predicted octanol–water partition coefficient (Wildman–Crippen LogP) is 4.13. The summed E-state index contributed by atoms with van der Waals surface area (Å²) in [6.45, 7) is 3.65. The van der Waals surface area contributed by atoms with E-state index in [2.05, 4.69) is 25.5 Å². The van der Waals surface area contributed by atoms with Crippen molar-refractivity contribution in [3.8, 4) is 17.3 Å². The van der Waals surface area contributed by atoms with E-state index in [0.29, 0.717) is 28.9 Å². The van der Waals surface area contributed by atoms with Gasteiger partial charge in [-0.1, -0.05) is 17.3 Å². The summed E-state index contributed by atoms with van der Waals surface area (Å²) in [5.41, 5.74) is 2.63. The van der Waals surface area contributed by atoms with Crippen molar-refractivity contribution in [2.24, 2.45) is 0 Å². The van der Waals surface area contributed by atoms with E-state index >= 15 is 0 Å². The van der Waals surface area contributed by atoms with Crippen LogP contribution in [0.5, 0.6) is 0 Å². The van der Waals surface area contributed by atoms with Crippen LogP contribution < -0.4 is 5.32 Å². The maximum atomic E-state index is 13.1. The molecule has 5 rings (SSSR count). The molecule has 0 unspecified atom stereocenters. The van der Waals surface area contributed by atoms with Gasteiger partial charge in [0.25, 0.3) is 11.8 Å². The largest absolute Gasteiger partial charge is 0.345 e. The van der Waals surface area contributed by atoms with Crippen LogP contribution in [0.1, 0.15) is 59.2 Å². The minimum absolute atomic E-state index is 0.263. The Balaban J connectivity index is 1.31. The minimum Gasteiger partial charge on any atom is -0.345 e. The summed E-state index contributed by atoms with van der Waals surface area (Å²) < 4.78 is 20.1. The normalized spacial score (nSPS) is 14.3. The highest BCUT2D eigenvalue weighted by atomic mass is 19.1. The number of rotatable bonds is 6. The number of carbonyl (C=O) groups is 1. The fraction of sp³-hybridized carbons (Fsp3) is 0.261. The van der Waals surface area contributed by atoms with Gasteiger partial charge in [0.1, 0.15) is 5.82 Å². The van der Waals surface area contributed by atoms with Gasteiger partial charge in [-0.2, -0.15) is 10.1 Å². The van der Waals surface area contributed by atoms with Crippen LogP contribution in [0.25, 0.3) is 17.3 Å². The highest BCUT2D eigenvalue weighted by Crippen LogP contribution is 2.38. The molecule has 1 aromatic carbocycles. The lowest BCUT2D eigenvalue weighted by Gasteiger charge is -2.14. The van der Waals surface area contributed by atoms with Crippen molar-refractivity contribution in [1.82, 2.24) is 30.2 Å². The van der Waals surface area contributed by atoms with Crippen LogP contribution in [0.2, 0.25) is 0 Å². The van der Waals surface area contributed by atoms with Crippen LogP contribution in [0.3, 0.4) is 0 Å². The van der Waals surface area contributed by atoms with Gasteiger partial charge in [-0.15, -0.1) is 0 Å². The molecule has 0 aliphatic heterocycles. The van der Waals surface area contributed by atoms with Gasteiger partial charge >= 0.3 is 0 Å². The van der Waals surface area contributed by atoms with Crippen LogP contribution >= 0.6 is 0 Å². The Hall–Kier alpha value is -3.88. The SMILES string of the molecule is Cc1c(C(=O)N[C@H](C)c2ccc(F)cc2)cnn1-c1ccc(-c2nc(C3CC3)no2)cn1. The summed E-state index contributed by atoms with van der Waals surface area (Å²) in [5, 5.41) is 11.3. The second-order valence-electron chi connectivity index (χ2n) is 7.94. The molecule has 0 saturated heterocycles. The van der Waals surface area contributed by atoms with E-state index in [1.165, 1.54) is 18.3 Å². The molecule has 0 radical (unpaired) electrons. The predicted molar refractivity (Wildman–Crippen MR) is 114 cm³/mol. The summed E-state index contributed by atoms with van der Waals surface area (Å²) in [4.78, 5) is 21.7. The highest BCUT2D eigenvalue weighted by Gasteiger charge is 2.29. The van der Waals surface area contributed by atoms with Crippen molar-refractivity contribution < 1.29 is 13.7 Å². The van der Waals surface area contributed by atoms with E-state index in [4.69, 9.17) is 4.52 Å². The van der Waals surface area contributed by atoms with E-state index in [0.717, 1.165) is 29.8 Å². The average molecular weight is 432 g/mol. The van der Waals surface area contributed by atoms with E-state index in [-0.39, 0.29) is 17.8 Å². The molecule has 1 fully saturated rings. The van der Waals surface area contributed by atoms with Crippen LogP contribution in [-0.2, 0) is 0 Å². The number of hydrogen-bond donors (Lipinski definition) is 1. The third kappa shape index (κ3) is 3.89. The number of carbonyl (C=O) groups excluding carboxylic acids is 1. The molecular formula is C23H21FN6O2. The zero-order valence-corrected chi connectivity index (χ0v) is 17.6. The van der Waals surface area contributed by atoms with Gasteiger partial charge < -0.3 is 9.84 Å². The molecule has 9 heteroatoms. The standard InChI is InChI=1S/C23H21FN6O2/c1-13(15-5-8-18(24)9-6-15)27-22(31)19-12-26-30(14(19)2)20-10-7-17(11-25-20)23-28-21(29-32-23)16-3-4-16/h5-13,16H,3-4H2,1-2H3,(H,27,31)/t13-/m1/s1. The molecule has 0 bridgehead atoms. The number of aromatic nitrogens is 5. The van der Waals surface area contributed by atoms with Crippen molar-refractivity contribution in [1.29, 1.82) is 0 Å². The monoisotopic (exact) mass is 432 g/mol. The van der Waals surface area contributed by atoms with Crippen molar-refractivity contribution in [2.75, 3.05) is 0 Å². The lowest BCUT2D eigenvalue weighted by molar-refractivity contribution is 0.0939. The maximum Gasteiger partial charge on any atom is 0.259 e. The van der Waals surface area contributed by atoms with Crippen LogP contribution in [0, 0.1) is 12.7 Å². The second kappa shape index (κ2) is 7.99. The topological polar surface area (TPSA) is 98.7 Å². The summed E-state index contributed by atoms with van der Waals surface area (Å²) in [6.07, 6.45) is 5.37. The summed E-state index contributed by atoms with van der Waals surface area (Å²) in [6, 6.07) is 9.40. The van der Waals surface area contributed by atoms with Gasteiger partial charge in [0.15, 0.2) is 11.6 Å². The number of halogens is 1. The van der Waals surface area contributed by atoms with Gasteiger partial charge in [0.05, 0.1) is 29.1 Å². The first-order valence-electron chi connectivity index (χ1n) is 10.4. The Morgan fingerprint density at radius 1 is 1.19 bits per heavy atom. The lowest BCUT2D eigenvalue weighted by Crippen LogP contribution is -2.27. The molecule has 1 atom stereocenters. The van der Waals surface area contributed by atoms with Gasteiger partial charge in [0, 0.05) is 12.1 Å². The van der Waals surface area contributed by atoms with Crippen LogP contribution in [-0.4, -0.2) is 30.8 Å². The van der Waals surface area contributed by atoms with E-state index in [1.807, 2.05) is 13.0 Å². The minimum atomic E-state index is -0.314. The molecule has 8 nitrogen and oxygen atoms in total. The molecule has 1 aliphatic rings. The first kappa shape index (κ1) is 20.0. The second-order valence-corrected chi connectivity index (χ2v) is 7.94. The number of pyridine rings is 1. The summed E-state index contributed by atoms with van der Waals surface area (Å²) in [7, 11) is 0. The van der Waals surface area contributed by atoms with E-state index in [9.17, 15) is 9.18 Å². The fourth-order valence-electron chi connectivity index (χ4n) is 3.47. The number of nitrogens with one attached hydrogen (secondary N) is 1. The van der Waals surface area contributed by atoms with Crippen molar-refractivity contribution >= 4 is 5.91 Å². The van der Waals surface area contributed by atoms with Crippen LogP contribution in [0.15, 0.2) is 53.3 Å². The third-order valence-electron chi connectivity index (χ3n) is 5.57. The van der Waals surface area contributed by atoms with Gasteiger partial charge in [-0.3, -0.25) is 4.79 Å². The van der Waals surface area contributed by atoms with Crippen LogP contribution in [0.4, 0.5) is 4.39 Å². The molecule has 1 aliphatic carbocycles. The molecule has 1 N–H and O–H groups in total. The molecule has 1 saturated carbocycles. The van der Waals surface area contributed by atoms with Crippen molar-refractivity contribution in [3.05, 3.63) is 77.3 Å². The summed E-state index contributed by atoms with van der Waals surface area (Å²) >= 11 is 0. The lowest BCUT2D eigenvalue weighted by atomic mass is 10.1. The zero-order chi connectivity index (χ0) is 22.2. The first-order chi connectivity index (χ1) is 15.5. The number of amides is 1. The Labute approximate surface area is 183 Å². The number of hydrogen-bond acceptors (Lipinski definition) is 6. The fourth-order valence-corrected chi connectivity index (χ4v) is 3.47. The Kier molecular flexibility index (Phi) is 5.01. The Morgan fingerprint density at radius 2 is 1.97 bits per heavy atom. The zero-order valence-electron chi connectivity index (χ0n) is 17.6. The number of benzene rings is 1. The van der Waals surface area contributed by atoms with Gasteiger partial charge in [0.2, 0.25) is 0 Å². The smallest absolute Gasteiger partial charge is 0.259 e. The molecule has 4 aromatic rings. The Bertz CT molecular complexity index is 1260.